The largest absolute Gasteiger partial charge is 0.317 e. The fraction of sp³-hybridized carbons (Fsp3) is 0. The first-order chi connectivity index (χ1) is 12.5. The molecule has 3 aromatic rings. The average Bonchev–Trinajstić information content (AvgIpc) is 3.10. The van der Waals surface area contributed by atoms with Crippen LogP contribution in [0.5, 0.6) is 0 Å². The van der Waals surface area contributed by atoms with Gasteiger partial charge in [0.25, 0.3) is 5.69 Å². The number of ketones is 1. The Morgan fingerprint density at radius 1 is 1.04 bits per heavy atom. The minimum absolute atomic E-state index is 0.0211. The molecular formula is C19H12Cl2N2O3. The molecule has 0 bridgehead atoms. The number of nitro benzene ring substituents is 1. The number of aromatic nitrogens is 1. The fourth-order valence-electron chi connectivity index (χ4n) is 2.41. The van der Waals surface area contributed by atoms with Gasteiger partial charge in [0.1, 0.15) is 0 Å². The summed E-state index contributed by atoms with van der Waals surface area (Å²) in [6.07, 6.45) is 4.92. The topological polar surface area (TPSA) is 65.1 Å². The van der Waals surface area contributed by atoms with Crippen LogP contribution in [0.2, 0.25) is 10.0 Å². The van der Waals surface area contributed by atoms with Crippen LogP contribution in [0.1, 0.15) is 16.1 Å². The first-order valence-corrected chi connectivity index (χ1v) is 8.31. The highest BCUT2D eigenvalue weighted by Gasteiger charge is 2.08. The highest BCUT2D eigenvalue weighted by atomic mass is 35.5. The molecule has 0 aliphatic carbocycles. The molecule has 1 heterocycles. The molecule has 0 aliphatic rings. The summed E-state index contributed by atoms with van der Waals surface area (Å²) in [4.78, 5) is 22.6. The molecule has 3 rings (SSSR count). The van der Waals surface area contributed by atoms with Gasteiger partial charge in [-0.25, -0.2) is 0 Å². The third kappa shape index (κ3) is 3.85. The van der Waals surface area contributed by atoms with Crippen LogP contribution in [0.15, 0.2) is 66.9 Å². The van der Waals surface area contributed by atoms with Crippen molar-refractivity contribution in [3.05, 3.63) is 98.3 Å². The van der Waals surface area contributed by atoms with Crippen molar-refractivity contribution in [3.8, 4) is 5.69 Å². The minimum Gasteiger partial charge on any atom is -0.317 e. The number of nitrogens with zero attached hydrogens (tertiary/aromatic N) is 2. The van der Waals surface area contributed by atoms with E-state index in [1.165, 1.54) is 24.3 Å². The maximum absolute atomic E-state index is 12.3. The minimum atomic E-state index is -0.448. The van der Waals surface area contributed by atoms with Gasteiger partial charge in [0.2, 0.25) is 0 Å². The summed E-state index contributed by atoms with van der Waals surface area (Å²) in [6, 6.07) is 14.5. The Hall–Kier alpha value is -2.89. The number of nitro groups is 1. The van der Waals surface area contributed by atoms with E-state index < -0.39 is 4.92 Å². The van der Waals surface area contributed by atoms with Crippen molar-refractivity contribution < 1.29 is 9.72 Å². The Morgan fingerprint density at radius 3 is 2.42 bits per heavy atom. The summed E-state index contributed by atoms with van der Waals surface area (Å²) in [5.41, 5.74) is 1.96. The van der Waals surface area contributed by atoms with E-state index in [-0.39, 0.29) is 11.5 Å². The molecule has 1 aromatic heterocycles. The second-order valence-corrected chi connectivity index (χ2v) is 6.22. The van der Waals surface area contributed by atoms with Crippen molar-refractivity contribution in [2.75, 3.05) is 0 Å². The summed E-state index contributed by atoms with van der Waals surface area (Å²) in [5.74, 6) is -0.208. The summed E-state index contributed by atoms with van der Waals surface area (Å²) >= 11 is 11.8. The van der Waals surface area contributed by atoms with Crippen LogP contribution in [-0.2, 0) is 0 Å². The molecule has 130 valence electrons. The van der Waals surface area contributed by atoms with Gasteiger partial charge in [-0.2, -0.15) is 0 Å². The summed E-state index contributed by atoms with van der Waals surface area (Å²) in [7, 11) is 0. The van der Waals surface area contributed by atoms with Gasteiger partial charge in [0.05, 0.1) is 15.0 Å². The van der Waals surface area contributed by atoms with E-state index in [0.29, 0.717) is 15.6 Å². The number of allylic oxidation sites excluding steroid dienone is 1. The quantitative estimate of drug-likeness (QED) is 0.248. The summed E-state index contributed by atoms with van der Waals surface area (Å²) in [6.45, 7) is 0. The lowest BCUT2D eigenvalue weighted by molar-refractivity contribution is -0.384. The van der Waals surface area contributed by atoms with Crippen LogP contribution in [0.25, 0.3) is 11.8 Å². The van der Waals surface area contributed by atoms with E-state index in [4.69, 9.17) is 23.2 Å². The zero-order valence-electron chi connectivity index (χ0n) is 13.3. The molecule has 0 spiro atoms. The van der Waals surface area contributed by atoms with Gasteiger partial charge in [0.15, 0.2) is 5.78 Å². The zero-order chi connectivity index (χ0) is 18.7. The van der Waals surface area contributed by atoms with Crippen LogP contribution in [0.3, 0.4) is 0 Å². The number of hydrogen-bond acceptors (Lipinski definition) is 3. The zero-order valence-corrected chi connectivity index (χ0v) is 14.8. The van der Waals surface area contributed by atoms with Crippen molar-refractivity contribution in [1.82, 2.24) is 4.57 Å². The van der Waals surface area contributed by atoms with Gasteiger partial charge < -0.3 is 4.57 Å². The molecule has 0 fully saturated rings. The van der Waals surface area contributed by atoms with Gasteiger partial charge in [-0.3, -0.25) is 14.9 Å². The SMILES string of the molecule is O=C(/C=C/c1cccn1-c1ccc([N+](=O)[O-])cc1)c1ccc(Cl)c(Cl)c1. The van der Waals surface area contributed by atoms with E-state index >= 15 is 0 Å². The van der Waals surface area contributed by atoms with Crippen molar-refractivity contribution in [3.63, 3.8) is 0 Å². The van der Waals surface area contributed by atoms with Crippen LogP contribution in [-0.4, -0.2) is 15.3 Å². The molecule has 5 nitrogen and oxygen atoms in total. The molecule has 0 N–H and O–H groups in total. The third-order valence-corrected chi connectivity index (χ3v) is 4.47. The predicted octanol–water partition coefficient (Wildman–Crippen LogP) is 5.59. The Labute approximate surface area is 159 Å². The van der Waals surface area contributed by atoms with Gasteiger partial charge in [-0.15, -0.1) is 0 Å². The molecule has 0 unspecified atom stereocenters. The van der Waals surface area contributed by atoms with Gasteiger partial charge in [0, 0.05) is 35.3 Å². The monoisotopic (exact) mass is 386 g/mol. The standard InChI is InChI=1S/C19H12Cl2N2O3/c20-17-9-3-13(12-18(17)21)19(24)10-8-14-2-1-11-22(14)15-4-6-16(7-5-15)23(25)26/h1-12H/b10-8+. The van der Waals surface area contributed by atoms with Crippen molar-refractivity contribution in [2.24, 2.45) is 0 Å². The molecule has 0 atom stereocenters. The lowest BCUT2D eigenvalue weighted by Crippen LogP contribution is -1.97. The third-order valence-electron chi connectivity index (χ3n) is 3.73. The molecule has 7 heteroatoms. The first kappa shape index (κ1) is 17.9. The second kappa shape index (κ2) is 7.56. The van der Waals surface area contributed by atoms with E-state index in [0.717, 1.165) is 11.4 Å². The van der Waals surface area contributed by atoms with Gasteiger partial charge >= 0.3 is 0 Å². The van der Waals surface area contributed by atoms with Crippen LogP contribution in [0.4, 0.5) is 5.69 Å². The number of benzene rings is 2. The van der Waals surface area contributed by atoms with Crippen molar-refractivity contribution in [2.45, 2.75) is 0 Å². The number of rotatable bonds is 5. The Morgan fingerprint density at radius 2 is 1.77 bits per heavy atom. The number of carbonyl (C=O) groups excluding carboxylic acids is 1. The Bertz CT molecular complexity index is 1010. The van der Waals surface area contributed by atoms with Gasteiger partial charge in [-0.1, -0.05) is 23.2 Å². The maximum Gasteiger partial charge on any atom is 0.269 e. The number of carbonyl (C=O) groups is 1. The number of halogens is 2. The second-order valence-electron chi connectivity index (χ2n) is 5.40. The lowest BCUT2D eigenvalue weighted by atomic mass is 10.1. The van der Waals surface area contributed by atoms with Gasteiger partial charge in [-0.05, 0) is 54.6 Å². The van der Waals surface area contributed by atoms with E-state index in [9.17, 15) is 14.9 Å². The molecular weight excluding hydrogens is 375 g/mol. The molecule has 0 amide bonds. The molecule has 2 aromatic carbocycles. The van der Waals surface area contributed by atoms with Crippen LogP contribution in [0, 0.1) is 10.1 Å². The van der Waals surface area contributed by atoms with E-state index in [1.54, 1.807) is 30.3 Å². The number of non-ortho nitro benzene ring substituents is 1. The highest BCUT2D eigenvalue weighted by molar-refractivity contribution is 6.42. The normalized spacial score (nSPS) is 11.0. The molecule has 0 aliphatic heterocycles. The maximum atomic E-state index is 12.3. The number of hydrogen-bond donors (Lipinski definition) is 0. The lowest BCUT2D eigenvalue weighted by Gasteiger charge is -2.06. The summed E-state index contributed by atoms with van der Waals surface area (Å²) < 4.78 is 1.82. The Kier molecular flexibility index (Phi) is 5.21. The van der Waals surface area contributed by atoms with Crippen molar-refractivity contribution in [1.29, 1.82) is 0 Å². The molecule has 0 saturated carbocycles. The first-order valence-electron chi connectivity index (χ1n) is 7.55. The van der Waals surface area contributed by atoms with Crippen LogP contribution < -0.4 is 0 Å². The fourth-order valence-corrected chi connectivity index (χ4v) is 2.70. The van der Waals surface area contributed by atoms with Crippen molar-refractivity contribution >= 4 is 40.7 Å². The smallest absolute Gasteiger partial charge is 0.269 e. The average molecular weight is 387 g/mol. The molecule has 0 radical (unpaired) electrons. The molecule has 0 saturated heterocycles. The van der Waals surface area contributed by atoms with E-state index in [1.807, 2.05) is 22.9 Å². The van der Waals surface area contributed by atoms with E-state index in [2.05, 4.69) is 0 Å². The van der Waals surface area contributed by atoms with Crippen LogP contribution >= 0.6 is 23.2 Å². The molecule has 26 heavy (non-hydrogen) atoms. The highest BCUT2D eigenvalue weighted by Crippen LogP contribution is 2.23. The predicted molar refractivity (Wildman–Crippen MR) is 102 cm³/mol. The summed E-state index contributed by atoms with van der Waals surface area (Å²) in [5, 5.41) is 11.5. The Balaban J connectivity index is 1.84.